The van der Waals surface area contributed by atoms with Crippen molar-refractivity contribution < 1.29 is 19.4 Å². The largest absolute Gasteiger partial charge is 0.481 e. The minimum atomic E-state index is -0.928. The second-order valence-corrected chi connectivity index (χ2v) is 5.02. The smallest absolute Gasteiger partial charge is 0.305 e. The van der Waals surface area contributed by atoms with E-state index >= 15 is 0 Å². The molecule has 1 aromatic rings. The van der Waals surface area contributed by atoms with Crippen LogP contribution in [0.4, 0.5) is 0 Å². The van der Waals surface area contributed by atoms with E-state index in [0.717, 1.165) is 24.0 Å². The van der Waals surface area contributed by atoms with Crippen LogP contribution in [-0.2, 0) is 14.3 Å². The van der Waals surface area contributed by atoms with Crippen molar-refractivity contribution in [3.63, 3.8) is 0 Å². The molecule has 1 aromatic carbocycles. The van der Waals surface area contributed by atoms with E-state index in [0.29, 0.717) is 13.0 Å². The van der Waals surface area contributed by atoms with E-state index < -0.39 is 12.0 Å². The number of rotatable bonds is 9. The Hall–Kier alpha value is -1.88. The van der Waals surface area contributed by atoms with Crippen molar-refractivity contribution in [2.75, 3.05) is 13.7 Å². The third-order valence-corrected chi connectivity index (χ3v) is 3.28. The first-order chi connectivity index (χ1) is 10.0. The van der Waals surface area contributed by atoms with E-state index in [9.17, 15) is 9.59 Å². The summed E-state index contributed by atoms with van der Waals surface area (Å²) in [5.74, 6) is -1.05. The molecule has 5 heteroatoms. The maximum Gasteiger partial charge on any atom is 0.305 e. The summed E-state index contributed by atoms with van der Waals surface area (Å²) in [4.78, 5) is 22.9. The van der Waals surface area contributed by atoms with Gasteiger partial charge in [0, 0.05) is 20.1 Å². The van der Waals surface area contributed by atoms with Gasteiger partial charge in [0.25, 0.3) is 0 Å². The first kappa shape index (κ1) is 17.2. The van der Waals surface area contributed by atoms with Crippen LogP contribution in [0.25, 0.3) is 0 Å². The molecule has 0 fully saturated rings. The number of amides is 1. The first-order valence-corrected chi connectivity index (χ1v) is 7.10. The Morgan fingerprint density at radius 2 is 2.00 bits per heavy atom. The summed E-state index contributed by atoms with van der Waals surface area (Å²) in [7, 11) is 1.63. The van der Waals surface area contributed by atoms with E-state index in [1.807, 2.05) is 31.2 Å². The third-order valence-electron chi connectivity index (χ3n) is 3.28. The molecular formula is C16H23NO4. The summed E-state index contributed by atoms with van der Waals surface area (Å²) in [6.07, 6.45) is 1.81. The van der Waals surface area contributed by atoms with Gasteiger partial charge in [-0.25, -0.2) is 0 Å². The molecule has 0 aliphatic heterocycles. The van der Waals surface area contributed by atoms with Crippen LogP contribution in [0.5, 0.6) is 0 Å². The summed E-state index contributed by atoms with van der Waals surface area (Å²) < 4.78 is 4.93. The number of aliphatic carboxylic acids is 1. The third kappa shape index (κ3) is 6.40. The molecule has 0 radical (unpaired) electrons. The zero-order chi connectivity index (χ0) is 15.7. The molecule has 1 amide bonds. The van der Waals surface area contributed by atoms with E-state index in [1.54, 1.807) is 7.11 Å². The van der Waals surface area contributed by atoms with Gasteiger partial charge >= 0.3 is 5.97 Å². The molecule has 1 rings (SSSR count). The van der Waals surface area contributed by atoms with Gasteiger partial charge in [0.2, 0.25) is 5.91 Å². The molecule has 0 bridgehead atoms. The van der Waals surface area contributed by atoms with Gasteiger partial charge in [-0.05, 0) is 30.9 Å². The molecule has 0 aliphatic rings. The van der Waals surface area contributed by atoms with Crippen LogP contribution in [0.1, 0.15) is 42.9 Å². The Morgan fingerprint density at radius 3 is 2.62 bits per heavy atom. The van der Waals surface area contributed by atoms with Gasteiger partial charge in [-0.3, -0.25) is 9.59 Å². The quantitative estimate of drug-likeness (QED) is 0.686. The summed E-state index contributed by atoms with van der Waals surface area (Å²) in [5, 5.41) is 11.8. The fourth-order valence-corrected chi connectivity index (χ4v) is 2.19. The SMILES string of the molecule is COCCCCC(=O)NC(CC(=O)O)c1ccccc1C. The number of aryl methyl sites for hydroxylation is 1. The highest BCUT2D eigenvalue weighted by molar-refractivity contribution is 5.77. The predicted molar refractivity (Wildman–Crippen MR) is 80.0 cm³/mol. The standard InChI is InChI=1S/C16H23NO4/c1-12-7-3-4-8-13(12)14(11-16(19)20)17-15(18)9-5-6-10-21-2/h3-4,7-8,14H,5-6,9-11H2,1-2H3,(H,17,18)(H,19,20). The number of ether oxygens (including phenoxy) is 1. The highest BCUT2D eigenvalue weighted by Gasteiger charge is 2.19. The van der Waals surface area contributed by atoms with Crippen molar-refractivity contribution in [1.82, 2.24) is 5.32 Å². The first-order valence-electron chi connectivity index (χ1n) is 7.10. The Labute approximate surface area is 125 Å². The molecule has 0 heterocycles. The van der Waals surface area contributed by atoms with Crippen molar-refractivity contribution in [3.8, 4) is 0 Å². The number of carbonyl (C=O) groups excluding carboxylic acids is 1. The lowest BCUT2D eigenvalue weighted by Crippen LogP contribution is -2.30. The van der Waals surface area contributed by atoms with Crippen LogP contribution in [-0.4, -0.2) is 30.7 Å². The number of carboxylic acid groups (broad SMARTS) is 1. The molecule has 116 valence electrons. The van der Waals surface area contributed by atoms with Crippen molar-refractivity contribution >= 4 is 11.9 Å². The maximum absolute atomic E-state index is 11.9. The van der Waals surface area contributed by atoms with E-state index in [2.05, 4.69) is 5.32 Å². The van der Waals surface area contributed by atoms with Crippen molar-refractivity contribution in [2.24, 2.45) is 0 Å². The van der Waals surface area contributed by atoms with Gasteiger partial charge in [-0.1, -0.05) is 24.3 Å². The number of carboxylic acids is 1. The van der Waals surface area contributed by atoms with Crippen LogP contribution in [0.2, 0.25) is 0 Å². The normalized spacial score (nSPS) is 11.9. The molecule has 0 saturated carbocycles. The number of carbonyl (C=O) groups is 2. The number of nitrogens with one attached hydrogen (secondary N) is 1. The fraction of sp³-hybridized carbons (Fsp3) is 0.500. The highest BCUT2D eigenvalue weighted by atomic mass is 16.5. The number of hydrogen-bond donors (Lipinski definition) is 2. The molecule has 0 aliphatic carbocycles. The lowest BCUT2D eigenvalue weighted by molar-refractivity contribution is -0.137. The average Bonchev–Trinajstić information content (AvgIpc) is 2.43. The van der Waals surface area contributed by atoms with Crippen LogP contribution in [0, 0.1) is 6.92 Å². The summed E-state index contributed by atoms with van der Waals surface area (Å²) >= 11 is 0. The van der Waals surface area contributed by atoms with E-state index in [4.69, 9.17) is 9.84 Å². The maximum atomic E-state index is 11.9. The monoisotopic (exact) mass is 293 g/mol. The van der Waals surface area contributed by atoms with Gasteiger partial charge in [-0.15, -0.1) is 0 Å². The molecule has 21 heavy (non-hydrogen) atoms. The zero-order valence-electron chi connectivity index (χ0n) is 12.6. The molecule has 0 saturated heterocycles. The average molecular weight is 293 g/mol. The summed E-state index contributed by atoms with van der Waals surface area (Å²) in [6, 6.07) is 7.02. The van der Waals surface area contributed by atoms with Gasteiger partial charge in [0.05, 0.1) is 12.5 Å². The molecule has 2 N–H and O–H groups in total. The molecule has 1 atom stereocenters. The van der Waals surface area contributed by atoms with Crippen LogP contribution < -0.4 is 5.32 Å². The fourth-order valence-electron chi connectivity index (χ4n) is 2.19. The number of benzene rings is 1. The van der Waals surface area contributed by atoms with Crippen LogP contribution in [0.3, 0.4) is 0 Å². The molecule has 5 nitrogen and oxygen atoms in total. The Morgan fingerprint density at radius 1 is 1.29 bits per heavy atom. The van der Waals surface area contributed by atoms with Crippen molar-refractivity contribution in [3.05, 3.63) is 35.4 Å². The molecule has 1 unspecified atom stereocenters. The minimum Gasteiger partial charge on any atom is -0.481 e. The minimum absolute atomic E-state index is 0.116. The lowest BCUT2D eigenvalue weighted by Gasteiger charge is -2.19. The summed E-state index contributed by atoms with van der Waals surface area (Å²) in [5.41, 5.74) is 1.83. The molecule has 0 aromatic heterocycles. The predicted octanol–water partition coefficient (Wildman–Crippen LogP) is 2.44. The Balaban J connectivity index is 2.64. The second-order valence-electron chi connectivity index (χ2n) is 5.02. The zero-order valence-corrected chi connectivity index (χ0v) is 12.6. The Kier molecular flexibility index (Phi) is 7.46. The number of hydrogen-bond acceptors (Lipinski definition) is 3. The van der Waals surface area contributed by atoms with E-state index in [1.165, 1.54) is 0 Å². The van der Waals surface area contributed by atoms with Crippen LogP contribution in [0.15, 0.2) is 24.3 Å². The molecular weight excluding hydrogens is 270 g/mol. The van der Waals surface area contributed by atoms with Gasteiger partial charge in [-0.2, -0.15) is 0 Å². The second kappa shape index (κ2) is 9.13. The lowest BCUT2D eigenvalue weighted by atomic mass is 9.98. The Bertz CT molecular complexity index is 473. The number of unbranched alkanes of at least 4 members (excludes halogenated alkanes) is 1. The summed E-state index contributed by atoms with van der Waals surface area (Å²) in [6.45, 7) is 2.54. The number of methoxy groups -OCH3 is 1. The van der Waals surface area contributed by atoms with Crippen molar-refractivity contribution in [1.29, 1.82) is 0 Å². The van der Waals surface area contributed by atoms with E-state index in [-0.39, 0.29) is 12.3 Å². The topological polar surface area (TPSA) is 75.6 Å². The van der Waals surface area contributed by atoms with Crippen molar-refractivity contribution in [2.45, 2.75) is 38.6 Å². The highest BCUT2D eigenvalue weighted by Crippen LogP contribution is 2.21. The van der Waals surface area contributed by atoms with Gasteiger partial charge < -0.3 is 15.2 Å². The van der Waals surface area contributed by atoms with Gasteiger partial charge in [0.15, 0.2) is 0 Å². The molecule has 0 spiro atoms. The van der Waals surface area contributed by atoms with Gasteiger partial charge in [0.1, 0.15) is 0 Å². The van der Waals surface area contributed by atoms with Crippen LogP contribution >= 0.6 is 0 Å².